The van der Waals surface area contributed by atoms with Crippen LogP contribution >= 0.6 is 28.1 Å². The molecular weight excluding hydrogens is 326 g/mol. The summed E-state index contributed by atoms with van der Waals surface area (Å²) in [6.45, 7) is 0. The van der Waals surface area contributed by atoms with Gasteiger partial charge in [-0.25, -0.2) is 4.98 Å². The van der Waals surface area contributed by atoms with Gasteiger partial charge in [-0.05, 0) is 58.5 Å². The van der Waals surface area contributed by atoms with Crippen LogP contribution in [0, 0.1) is 4.77 Å². The number of nitrogens with zero attached hydrogens (tertiary/aromatic N) is 2. The van der Waals surface area contributed by atoms with Crippen LogP contribution in [0.2, 0.25) is 0 Å². The zero-order valence-electron chi connectivity index (χ0n) is 10.1. The minimum absolute atomic E-state index is 0.616. The van der Waals surface area contributed by atoms with Gasteiger partial charge >= 0.3 is 0 Å². The predicted octanol–water partition coefficient (Wildman–Crippen LogP) is 3.85. The van der Waals surface area contributed by atoms with Crippen LogP contribution in [0.5, 0.6) is 5.75 Å². The van der Waals surface area contributed by atoms with Gasteiger partial charge < -0.3 is 9.72 Å². The van der Waals surface area contributed by atoms with Crippen molar-refractivity contribution in [3.8, 4) is 11.4 Å². The van der Waals surface area contributed by atoms with Gasteiger partial charge in [-0.2, -0.15) is 0 Å². The Morgan fingerprint density at radius 2 is 2.05 bits per heavy atom. The lowest BCUT2D eigenvalue weighted by Gasteiger charge is -2.05. The zero-order valence-corrected chi connectivity index (χ0v) is 12.5. The molecule has 0 fully saturated rings. The van der Waals surface area contributed by atoms with Crippen LogP contribution in [0.4, 0.5) is 0 Å². The third-order valence-electron chi connectivity index (χ3n) is 2.82. The molecule has 4 nitrogen and oxygen atoms in total. The first kappa shape index (κ1) is 12.4. The third-order valence-corrected chi connectivity index (χ3v) is 3.54. The van der Waals surface area contributed by atoms with E-state index in [0.717, 1.165) is 27.1 Å². The Labute approximate surface area is 123 Å². The molecule has 0 aliphatic heterocycles. The fourth-order valence-electron chi connectivity index (χ4n) is 1.94. The molecule has 0 saturated carbocycles. The van der Waals surface area contributed by atoms with E-state index in [1.807, 2.05) is 34.9 Å². The summed E-state index contributed by atoms with van der Waals surface area (Å²) in [5.74, 6) is 0.811. The maximum absolute atomic E-state index is 5.36. The Bertz CT molecular complexity index is 792. The highest BCUT2D eigenvalue weighted by molar-refractivity contribution is 9.10. The number of ether oxygens (including phenoxy) is 1. The van der Waals surface area contributed by atoms with E-state index in [9.17, 15) is 0 Å². The molecule has 0 aliphatic carbocycles. The molecule has 0 radical (unpaired) electrons. The second-order valence-corrected chi connectivity index (χ2v) is 5.29. The summed E-state index contributed by atoms with van der Waals surface area (Å²) in [6, 6.07) is 9.65. The highest BCUT2D eigenvalue weighted by atomic mass is 79.9. The van der Waals surface area contributed by atoms with Gasteiger partial charge in [0.15, 0.2) is 10.4 Å². The Morgan fingerprint density at radius 1 is 1.32 bits per heavy atom. The number of rotatable bonds is 2. The Balaban J connectivity index is 2.23. The van der Waals surface area contributed by atoms with Crippen LogP contribution in [0.1, 0.15) is 0 Å². The van der Waals surface area contributed by atoms with Crippen molar-refractivity contribution in [3.05, 3.63) is 45.8 Å². The average molecular weight is 336 g/mol. The van der Waals surface area contributed by atoms with Gasteiger partial charge in [-0.15, -0.1) is 0 Å². The number of nitrogens with one attached hydrogen (secondary N) is 1. The van der Waals surface area contributed by atoms with Crippen LogP contribution < -0.4 is 4.74 Å². The number of halogens is 1. The van der Waals surface area contributed by atoms with Gasteiger partial charge in [0.25, 0.3) is 0 Å². The lowest BCUT2D eigenvalue weighted by atomic mass is 10.3. The highest BCUT2D eigenvalue weighted by Gasteiger charge is 2.08. The number of methoxy groups -OCH3 is 1. The van der Waals surface area contributed by atoms with Crippen molar-refractivity contribution < 1.29 is 4.74 Å². The minimum Gasteiger partial charge on any atom is -0.497 e. The van der Waals surface area contributed by atoms with E-state index in [0.29, 0.717) is 4.77 Å². The van der Waals surface area contributed by atoms with Gasteiger partial charge in [0.1, 0.15) is 5.75 Å². The molecule has 0 bridgehead atoms. The smallest absolute Gasteiger partial charge is 0.183 e. The summed E-state index contributed by atoms with van der Waals surface area (Å²) in [6.07, 6.45) is 1.75. The fraction of sp³-hybridized carbons (Fsp3) is 0.0769. The molecule has 3 aromatic rings. The lowest BCUT2D eigenvalue weighted by molar-refractivity contribution is 0.415. The van der Waals surface area contributed by atoms with Gasteiger partial charge in [0, 0.05) is 10.7 Å². The summed E-state index contributed by atoms with van der Waals surface area (Å²) >= 11 is 8.76. The van der Waals surface area contributed by atoms with E-state index < -0.39 is 0 Å². The predicted molar refractivity (Wildman–Crippen MR) is 80.5 cm³/mol. The zero-order chi connectivity index (χ0) is 13.4. The van der Waals surface area contributed by atoms with Crippen molar-refractivity contribution in [3.63, 3.8) is 0 Å². The molecule has 2 heterocycles. The Hall–Kier alpha value is -1.66. The normalized spacial score (nSPS) is 10.8. The monoisotopic (exact) mass is 335 g/mol. The number of hydrogen-bond donors (Lipinski definition) is 1. The second kappa shape index (κ2) is 4.79. The van der Waals surface area contributed by atoms with Crippen molar-refractivity contribution in [2.75, 3.05) is 7.11 Å². The molecule has 1 aromatic carbocycles. The SMILES string of the molecule is COc1ccc(-n2c(=S)[nH]c3cc(Br)cnc32)cc1. The Morgan fingerprint density at radius 3 is 2.74 bits per heavy atom. The number of aromatic nitrogens is 3. The summed E-state index contributed by atoms with van der Waals surface area (Å²) in [7, 11) is 1.64. The van der Waals surface area contributed by atoms with Crippen LogP contribution in [-0.2, 0) is 0 Å². The summed E-state index contributed by atoms with van der Waals surface area (Å²) in [5, 5.41) is 0. The van der Waals surface area contributed by atoms with Crippen molar-refractivity contribution in [1.82, 2.24) is 14.5 Å². The van der Waals surface area contributed by atoms with E-state index in [1.54, 1.807) is 13.3 Å². The molecule has 0 spiro atoms. The molecule has 2 aromatic heterocycles. The average Bonchev–Trinajstić information content (AvgIpc) is 2.74. The van der Waals surface area contributed by atoms with E-state index in [4.69, 9.17) is 17.0 Å². The largest absolute Gasteiger partial charge is 0.497 e. The summed E-state index contributed by atoms with van der Waals surface area (Å²) in [5.41, 5.74) is 2.65. The Kier molecular flexibility index (Phi) is 3.12. The van der Waals surface area contributed by atoms with E-state index in [2.05, 4.69) is 25.9 Å². The van der Waals surface area contributed by atoms with Crippen molar-refractivity contribution in [2.24, 2.45) is 0 Å². The quantitative estimate of drug-likeness (QED) is 0.723. The molecule has 19 heavy (non-hydrogen) atoms. The molecule has 96 valence electrons. The van der Waals surface area contributed by atoms with E-state index >= 15 is 0 Å². The molecule has 0 unspecified atom stereocenters. The van der Waals surface area contributed by atoms with Crippen LogP contribution in [0.15, 0.2) is 41.0 Å². The lowest BCUT2D eigenvalue weighted by Crippen LogP contribution is -1.95. The standard InChI is InChI=1S/C13H10BrN3OS/c1-18-10-4-2-9(3-5-10)17-12-11(16-13(17)19)6-8(14)7-15-12/h2-7H,1H3,(H,16,19). The van der Waals surface area contributed by atoms with Gasteiger partial charge in [0.05, 0.1) is 18.3 Å². The summed E-state index contributed by atoms with van der Waals surface area (Å²) in [4.78, 5) is 7.56. The maximum atomic E-state index is 5.36. The van der Waals surface area contributed by atoms with Crippen LogP contribution in [0.3, 0.4) is 0 Å². The van der Waals surface area contributed by atoms with Crippen molar-refractivity contribution in [1.29, 1.82) is 0 Å². The first-order valence-electron chi connectivity index (χ1n) is 5.60. The topological polar surface area (TPSA) is 42.8 Å². The number of fused-ring (bicyclic) bond motifs is 1. The fourth-order valence-corrected chi connectivity index (χ4v) is 2.57. The molecule has 1 N–H and O–H groups in total. The number of H-pyrrole nitrogens is 1. The molecular formula is C13H10BrN3OS. The number of aromatic amines is 1. The van der Waals surface area contributed by atoms with Crippen molar-refractivity contribution in [2.45, 2.75) is 0 Å². The third kappa shape index (κ3) is 2.17. The minimum atomic E-state index is 0.616. The molecule has 0 saturated heterocycles. The highest BCUT2D eigenvalue weighted by Crippen LogP contribution is 2.22. The first-order valence-corrected chi connectivity index (χ1v) is 6.80. The van der Waals surface area contributed by atoms with Crippen molar-refractivity contribution >= 4 is 39.3 Å². The van der Waals surface area contributed by atoms with E-state index in [1.165, 1.54) is 0 Å². The van der Waals surface area contributed by atoms with Crippen LogP contribution in [-0.4, -0.2) is 21.6 Å². The molecule has 0 atom stereocenters. The number of hydrogen-bond acceptors (Lipinski definition) is 3. The first-order chi connectivity index (χ1) is 9.19. The number of benzene rings is 1. The van der Waals surface area contributed by atoms with Crippen LogP contribution in [0.25, 0.3) is 16.9 Å². The second-order valence-electron chi connectivity index (χ2n) is 3.99. The van der Waals surface area contributed by atoms with E-state index in [-0.39, 0.29) is 0 Å². The summed E-state index contributed by atoms with van der Waals surface area (Å²) < 4.78 is 8.59. The molecule has 6 heteroatoms. The van der Waals surface area contributed by atoms with Gasteiger partial charge in [-0.3, -0.25) is 4.57 Å². The molecule has 3 rings (SSSR count). The maximum Gasteiger partial charge on any atom is 0.183 e. The molecule has 0 aliphatic rings. The van der Waals surface area contributed by atoms with Gasteiger partial charge in [-0.1, -0.05) is 0 Å². The number of imidazole rings is 1. The van der Waals surface area contributed by atoms with Gasteiger partial charge in [0.2, 0.25) is 0 Å². The number of pyridine rings is 1. The molecule has 0 amide bonds.